The molecule has 7 heteroatoms. The van der Waals surface area contributed by atoms with Crippen molar-refractivity contribution in [1.29, 1.82) is 5.26 Å². The van der Waals surface area contributed by atoms with Gasteiger partial charge in [0.25, 0.3) is 0 Å². The molecule has 0 unspecified atom stereocenters. The lowest BCUT2D eigenvalue weighted by atomic mass is 10.0. The van der Waals surface area contributed by atoms with Crippen molar-refractivity contribution in [3.8, 4) is 6.07 Å². The van der Waals surface area contributed by atoms with Crippen LogP contribution in [0, 0.1) is 17.1 Å². The number of nitriles is 1. The first-order chi connectivity index (χ1) is 15.6. The zero-order valence-corrected chi connectivity index (χ0v) is 18.0. The summed E-state index contributed by atoms with van der Waals surface area (Å²) in [5, 5.41) is 17.1. The molecule has 0 saturated heterocycles. The first kappa shape index (κ1) is 21.3. The van der Waals surface area contributed by atoms with Crippen LogP contribution in [-0.4, -0.2) is 9.97 Å². The number of hydrogen-bond donors (Lipinski definition) is 2. The summed E-state index contributed by atoms with van der Waals surface area (Å²) in [7, 11) is 0. The van der Waals surface area contributed by atoms with Gasteiger partial charge in [-0.15, -0.1) is 0 Å². The lowest BCUT2D eigenvalue weighted by Crippen LogP contribution is -2.02. The van der Waals surface area contributed by atoms with E-state index in [2.05, 4.69) is 26.7 Å². The molecule has 5 nitrogen and oxygen atoms in total. The van der Waals surface area contributed by atoms with Crippen LogP contribution in [0.25, 0.3) is 17.0 Å². The topological polar surface area (TPSA) is 73.6 Å². The van der Waals surface area contributed by atoms with Gasteiger partial charge < -0.3 is 10.6 Å². The van der Waals surface area contributed by atoms with E-state index in [9.17, 15) is 9.65 Å². The fourth-order valence-corrected chi connectivity index (χ4v) is 3.56. The molecule has 0 saturated carbocycles. The van der Waals surface area contributed by atoms with Crippen LogP contribution < -0.4 is 10.6 Å². The Bertz CT molecular complexity index is 1350. The molecule has 0 aliphatic heterocycles. The summed E-state index contributed by atoms with van der Waals surface area (Å²) in [5.41, 5.74) is 5.08. The maximum atomic E-state index is 13.6. The van der Waals surface area contributed by atoms with Gasteiger partial charge in [-0.05, 0) is 48.9 Å². The molecular formula is C25H19ClFN5. The highest BCUT2D eigenvalue weighted by atomic mass is 35.5. The molecule has 4 aromatic rings. The molecule has 2 aromatic heterocycles. The van der Waals surface area contributed by atoms with Gasteiger partial charge in [-0.2, -0.15) is 5.26 Å². The fraction of sp³-hybridized carbons (Fsp3) is 0.0800. The number of nitrogens with zero attached hydrogens (tertiary/aromatic N) is 3. The Morgan fingerprint density at radius 1 is 1.16 bits per heavy atom. The molecule has 0 spiro atoms. The Hall–Kier alpha value is -3.95. The van der Waals surface area contributed by atoms with E-state index in [1.54, 1.807) is 12.3 Å². The third kappa shape index (κ3) is 4.53. The van der Waals surface area contributed by atoms with E-state index in [1.807, 2.05) is 49.5 Å². The molecule has 0 bridgehead atoms. The van der Waals surface area contributed by atoms with Crippen molar-refractivity contribution in [2.45, 2.75) is 13.5 Å². The zero-order chi connectivity index (χ0) is 22.5. The summed E-state index contributed by atoms with van der Waals surface area (Å²) < 4.78 is 13.6. The highest BCUT2D eigenvalue weighted by Crippen LogP contribution is 2.34. The molecule has 2 aromatic carbocycles. The quantitative estimate of drug-likeness (QED) is 0.347. The normalized spacial score (nSPS) is 10.9. The number of fused-ring (bicyclic) bond motifs is 1. The van der Waals surface area contributed by atoms with Gasteiger partial charge in [0.05, 0.1) is 21.8 Å². The lowest BCUT2D eigenvalue weighted by molar-refractivity contribution is 0.628. The van der Waals surface area contributed by atoms with Crippen LogP contribution in [0.4, 0.5) is 21.5 Å². The minimum absolute atomic E-state index is 0.000279. The number of hydrogen-bond acceptors (Lipinski definition) is 5. The minimum Gasteiger partial charge on any atom is -0.381 e. The smallest absolute Gasteiger partial charge is 0.141 e. The highest BCUT2D eigenvalue weighted by molar-refractivity contribution is 6.31. The Balaban J connectivity index is 1.82. The molecule has 32 heavy (non-hydrogen) atoms. The summed E-state index contributed by atoms with van der Waals surface area (Å²) in [6.07, 6.45) is 8.98. The molecule has 0 fully saturated rings. The predicted octanol–water partition coefficient (Wildman–Crippen LogP) is 6.68. The van der Waals surface area contributed by atoms with Crippen LogP contribution in [0.1, 0.15) is 23.6 Å². The van der Waals surface area contributed by atoms with Crippen molar-refractivity contribution in [2.75, 3.05) is 10.6 Å². The Morgan fingerprint density at radius 3 is 2.75 bits per heavy atom. The van der Waals surface area contributed by atoms with E-state index in [4.69, 9.17) is 11.6 Å². The molecule has 0 atom stereocenters. The van der Waals surface area contributed by atoms with E-state index in [1.165, 1.54) is 18.3 Å². The lowest BCUT2D eigenvalue weighted by Gasteiger charge is -2.15. The maximum Gasteiger partial charge on any atom is 0.141 e. The van der Waals surface area contributed by atoms with Crippen LogP contribution >= 0.6 is 11.6 Å². The summed E-state index contributed by atoms with van der Waals surface area (Å²) in [4.78, 5) is 8.67. The van der Waals surface area contributed by atoms with Crippen LogP contribution in [0.15, 0.2) is 67.1 Å². The number of aromatic nitrogens is 2. The van der Waals surface area contributed by atoms with E-state index in [-0.39, 0.29) is 5.02 Å². The van der Waals surface area contributed by atoms with Gasteiger partial charge >= 0.3 is 0 Å². The van der Waals surface area contributed by atoms with Crippen LogP contribution in [0.2, 0.25) is 5.02 Å². The number of rotatable bonds is 6. The van der Waals surface area contributed by atoms with Gasteiger partial charge in [-0.3, -0.25) is 9.97 Å². The first-order valence-corrected chi connectivity index (χ1v) is 10.3. The van der Waals surface area contributed by atoms with Gasteiger partial charge in [0.2, 0.25) is 0 Å². The first-order valence-electron chi connectivity index (χ1n) is 9.93. The largest absolute Gasteiger partial charge is 0.381 e. The second-order valence-corrected chi connectivity index (χ2v) is 7.50. The van der Waals surface area contributed by atoms with E-state index >= 15 is 0 Å². The fourth-order valence-electron chi connectivity index (χ4n) is 3.38. The average molecular weight is 444 g/mol. The third-order valence-electron chi connectivity index (χ3n) is 4.88. The number of nitrogens with one attached hydrogen (secondary N) is 2. The number of halogens is 2. The maximum absolute atomic E-state index is 13.6. The molecular weight excluding hydrogens is 425 g/mol. The van der Waals surface area contributed by atoms with Gasteiger partial charge in [0, 0.05) is 47.5 Å². The van der Waals surface area contributed by atoms with Crippen molar-refractivity contribution in [2.24, 2.45) is 0 Å². The SMILES string of the molecule is CC=Cc1cc(NCc2cccnc2)cc2c(Nc3ccc(F)c(Cl)c3)c(C#N)cnc12. The van der Waals surface area contributed by atoms with Gasteiger partial charge in [0.15, 0.2) is 0 Å². The molecule has 0 aliphatic rings. The molecule has 0 aliphatic carbocycles. The second kappa shape index (κ2) is 9.46. The number of anilines is 3. The van der Waals surface area contributed by atoms with Gasteiger partial charge in [0.1, 0.15) is 11.9 Å². The van der Waals surface area contributed by atoms with Crippen LogP contribution in [0.3, 0.4) is 0 Å². The summed E-state index contributed by atoms with van der Waals surface area (Å²) in [6, 6.07) is 14.4. The molecule has 158 valence electrons. The van der Waals surface area contributed by atoms with Crippen molar-refractivity contribution in [3.63, 3.8) is 0 Å². The summed E-state index contributed by atoms with van der Waals surface area (Å²) in [6.45, 7) is 2.53. The zero-order valence-electron chi connectivity index (χ0n) is 17.2. The van der Waals surface area contributed by atoms with Crippen LogP contribution in [-0.2, 0) is 6.54 Å². The van der Waals surface area contributed by atoms with Crippen molar-refractivity contribution in [1.82, 2.24) is 9.97 Å². The number of allylic oxidation sites excluding steroid dienone is 1. The molecule has 4 rings (SSSR count). The van der Waals surface area contributed by atoms with Crippen molar-refractivity contribution < 1.29 is 4.39 Å². The Morgan fingerprint density at radius 2 is 2.03 bits per heavy atom. The summed E-state index contributed by atoms with van der Waals surface area (Å²) in [5.74, 6) is -0.505. The summed E-state index contributed by atoms with van der Waals surface area (Å²) >= 11 is 5.95. The predicted molar refractivity (Wildman–Crippen MR) is 127 cm³/mol. The molecule has 0 amide bonds. The van der Waals surface area contributed by atoms with E-state index < -0.39 is 5.82 Å². The minimum atomic E-state index is -0.505. The van der Waals surface area contributed by atoms with Crippen LogP contribution in [0.5, 0.6) is 0 Å². The van der Waals surface area contributed by atoms with E-state index in [0.29, 0.717) is 23.5 Å². The van der Waals surface area contributed by atoms with Gasteiger partial charge in [-0.1, -0.05) is 29.8 Å². The highest BCUT2D eigenvalue weighted by Gasteiger charge is 2.14. The second-order valence-electron chi connectivity index (χ2n) is 7.09. The molecule has 0 radical (unpaired) electrons. The third-order valence-corrected chi connectivity index (χ3v) is 5.17. The Kier molecular flexibility index (Phi) is 6.29. The molecule has 2 heterocycles. The van der Waals surface area contributed by atoms with E-state index in [0.717, 1.165) is 27.7 Å². The Labute approximate surface area is 190 Å². The van der Waals surface area contributed by atoms with Crippen molar-refractivity contribution >= 4 is 45.6 Å². The average Bonchev–Trinajstić information content (AvgIpc) is 2.81. The number of pyridine rings is 2. The monoisotopic (exact) mass is 443 g/mol. The van der Waals surface area contributed by atoms with Gasteiger partial charge in [-0.25, -0.2) is 4.39 Å². The van der Waals surface area contributed by atoms with Crippen molar-refractivity contribution in [3.05, 3.63) is 94.7 Å². The molecule has 2 N–H and O–H groups in total. The standard InChI is InChI=1S/C25H19ClFN5/c1-2-4-17-9-20(30-14-16-5-3-8-29-13-16)10-21-24(17)31-15-18(12-28)25(21)32-19-6-7-23(27)22(26)11-19/h2-11,13,15,30H,14H2,1H3,(H,31,32). The number of benzene rings is 2.